The Morgan fingerprint density at radius 2 is 0.478 bits per heavy atom. The Balaban J connectivity index is 1.04. The van der Waals surface area contributed by atoms with Gasteiger partial charge in [0.05, 0.1) is 5.41 Å². The summed E-state index contributed by atoms with van der Waals surface area (Å²) >= 11 is 0. The fraction of sp³-hybridized carbons (Fsp3) is 0.104. The van der Waals surface area contributed by atoms with Crippen LogP contribution in [0.1, 0.15) is 72.2 Å². The minimum Gasteiger partial charge on any atom is -0.0622 e. The average Bonchev–Trinajstić information content (AvgIpc) is 3.90. The van der Waals surface area contributed by atoms with Gasteiger partial charge in [0.15, 0.2) is 0 Å². The van der Waals surface area contributed by atoms with E-state index in [1.807, 2.05) is 0 Å². The minimum absolute atomic E-state index is 0.0916. The molecule has 0 bridgehead atoms. The molecule has 10 aromatic carbocycles. The van der Waals surface area contributed by atoms with E-state index in [9.17, 15) is 0 Å². The van der Waals surface area contributed by atoms with Crippen LogP contribution in [0.15, 0.2) is 231 Å². The second-order valence-electron chi connectivity index (χ2n) is 20.0. The lowest BCUT2D eigenvalue weighted by Gasteiger charge is -2.35. The molecule has 0 heteroatoms. The molecule has 0 heterocycles. The highest BCUT2D eigenvalue weighted by Gasteiger charge is 2.47. The zero-order chi connectivity index (χ0) is 45.1. The minimum atomic E-state index is -0.625. The van der Waals surface area contributed by atoms with E-state index < -0.39 is 5.41 Å². The number of fused-ring (bicyclic) bond motifs is 9. The predicted molar refractivity (Wildman–Crippen MR) is 281 cm³/mol. The van der Waals surface area contributed by atoms with Crippen molar-refractivity contribution in [2.45, 2.75) is 43.9 Å². The normalized spacial score (nSPS) is 14.9. The van der Waals surface area contributed by atoms with Crippen LogP contribution in [0, 0.1) is 0 Å². The molecule has 0 saturated heterocycles. The summed E-state index contributed by atoms with van der Waals surface area (Å²) in [5, 5.41) is 0. The van der Waals surface area contributed by atoms with E-state index >= 15 is 0 Å². The fourth-order valence-electron chi connectivity index (χ4n) is 12.3. The molecule has 0 aliphatic heterocycles. The summed E-state index contributed by atoms with van der Waals surface area (Å²) in [5.74, 6) is 0. The van der Waals surface area contributed by atoms with Gasteiger partial charge in [-0.05, 0) is 147 Å². The first kappa shape index (κ1) is 39.6. The van der Waals surface area contributed by atoms with Gasteiger partial charge in [-0.2, -0.15) is 0 Å². The maximum absolute atomic E-state index is 2.52. The fourth-order valence-corrected chi connectivity index (χ4v) is 12.3. The van der Waals surface area contributed by atoms with E-state index in [4.69, 9.17) is 0 Å². The highest BCUT2D eigenvalue weighted by molar-refractivity contribution is 5.92. The van der Waals surface area contributed by atoms with Crippen molar-refractivity contribution in [3.8, 4) is 77.9 Å². The maximum atomic E-state index is 2.52. The summed E-state index contributed by atoms with van der Waals surface area (Å²) in [6.45, 7) is 9.51. The Kier molecular flexibility index (Phi) is 8.62. The lowest BCUT2D eigenvalue weighted by Crippen LogP contribution is -2.28. The molecule has 3 aliphatic rings. The molecule has 0 saturated carbocycles. The summed E-state index contributed by atoms with van der Waals surface area (Å²) in [7, 11) is 0. The van der Waals surface area contributed by atoms with Crippen molar-refractivity contribution in [1.29, 1.82) is 0 Å². The molecule has 67 heavy (non-hydrogen) atoms. The van der Waals surface area contributed by atoms with E-state index in [1.165, 1.54) is 122 Å². The number of hydrogen-bond acceptors (Lipinski definition) is 0. The van der Waals surface area contributed by atoms with Crippen LogP contribution in [0.4, 0.5) is 0 Å². The smallest absolute Gasteiger partial charge is 0.0622 e. The van der Waals surface area contributed by atoms with Gasteiger partial charge in [0, 0.05) is 10.8 Å². The van der Waals surface area contributed by atoms with E-state index in [0.29, 0.717) is 0 Å². The first-order chi connectivity index (χ1) is 32.7. The Morgan fingerprint density at radius 3 is 0.851 bits per heavy atom. The first-order valence-corrected chi connectivity index (χ1v) is 23.8. The highest BCUT2D eigenvalue weighted by Crippen LogP contribution is 2.59. The Hall–Kier alpha value is -7.80. The van der Waals surface area contributed by atoms with Crippen molar-refractivity contribution in [3.63, 3.8) is 0 Å². The Labute approximate surface area is 394 Å². The second-order valence-corrected chi connectivity index (χ2v) is 20.0. The molecule has 0 atom stereocenters. The zero-order valence-electron chi connectivity index (χ0n) is 38.4. The van der Waals surface area contributed by atoms with E-state index in [0.717, 1.165) is 0 Å². The number of hydrogen-bond donors (Lipinski definition) is 0. The zero-order valence-corrected chi connectivity index (χ0v) is 38.4. The van der Waals surface area contributed by atoms with Gasteiger partial charge < -0.3 is 0 Å². The van der Waals surface area contributed by atoms with Crippen LogP contribution in [-0.2, 0) is 16.2 Å². The molecule has 0 fully saturated rings. The van der Waals surface area contributed by atoms with Crippen molar-refractivity contribution in [2.75, 3.05) is 0 Å². The van der Waals surface area contributed by atoms with Crippen molar-refractivity contribution >= 4 is 0 Å². The summed E-state index contributed by atoms with van der Waals surface area (Å²) in [6.07, 6.45) is 0. The van der Waals surface area contributed by atoms with Crippen LogP contribution in [0.3, 0.4) is 0 Å². The van der Waals surface area contributed by atoms with Crippen LogP contribution < -0.4 is 0 Å². The molecule has 10 aromatic rings. The third-order valence-corrected chi connectivity index (χ3v) is 15.8. The SMILES string of the molecule is CC1(C)c2ccccc2-c2ccc(-c3ccc4c(c3)C(c3ccc(-c5ccccc5)cc3)(c3ccc(-c5ccccc5)cc3)c3cc(-c5ccc6c(c5)C(C)(C)c5ccccc5-6)ccc3-4)cc21. The van der Waals surface area contributed by atoms with Crippen LogP contribution in [0.5, 0.6) is 0 Å². The molecule has 0 nitrogen and oxygen atoms in total. The molecule has 0 aromatic heterocycles. The number of benzene rings is 10. The largest absolute Gasteiger partial charge is 0.0714 e. The van der Waals surface area contributed by atoms with E-state index in [-0.39, 0.29) is 10.8 Å². The topological polar surface area (TPSA) is 0 Å². The lowest BCUT2D eigenvalue weighted by atomic mass is 9.66. The monoisotopic (exact) mass is 854 g/mol. The molecule has 318 valence electrons. The summed E-state index contributed by atoms with van der Waals surface area (Å²) in [4.78, 5) is 0. The van der Waals surface area contributed by atoms with Crippen molar-refractivity contribution in [1.82, 2.24) is 0 Å². The molecule has 0 unspecified atom stereocenters. The van der Waals surface area contributed by atoms with Crippen LogP contribution >= 0.6 is 0 Å². The lowest BCUT2D eigenvalue weighted by molar-refractivity contribution is 0.660. The maximum Gasteiger partial charge on any atom is 0.0714 e. The van der Waals surface area contributed by atoms with Gasteiger partial charge >= 0.3 is 0 Å². The van der Waals surface area contributed by atoms with Gasteiger partial charge in [-0.25, -0.2) is 0 Å². The number of rotatable bonds is 6. The Morgan fingerprint density at radius 1 is 0.209 bits per heavy atom. The van der Waals surface area contributed by atoms with Gasteiger partial charge in [0.25, 0.3) is 0 Å². The third-order valence-electron chi connectivity index (χ3n) is 15.8. The summed E-state index contributed by atoms with van der Waals surface area (Å²) < 4.78 is 0. The van der Waals surface area contributed by atoms with Crippen molar-refractivity contribution in [3.05, 3.63) is 275 Å². The standard InChI is InChI=1S/C67H50/c1-65(2)59-21-13-11-19-53(59)55-35-27-47(39-61(55)65)49-29-37-57-58-38-30-50(48-28-36-56-54-20-12-14-22-60(54)66(3,4)62(56)40-48)42-64(58)67(63(57)41-49,51-31-23-45(24-32-51)43-15-7-5-8-16-43)52-33-25-46(26-34-52)44-17-9-6-10-18-44/h5-42H,1-4H3. The van der Waals surface area contributed by atoms with Gasteiger partial charge in [-0.1, -0.05) is 234 Å². The van der Waals surface area contributed by atoms with Crippen LogP contribution in [0.25, 0.3) is 77.9 Å². The molecule has 0 radical (unpaired) electrons. The van der Waals surface area contributed by atoms with Gasteiger partial charge in [-0.3, -0.25) is 0 Å². The third kappa shape index (κ3) is 5.79. The molecular formula is C67H50. The van der Waals surface area contributed by atoms with E-state index in [1.54, 1.807) is 0 Å². The molecular weight excluding hydrogens is 805 g/mol. The second kappa shape index (κ2) is 14.6. The predicted octanol–water partition coefficient (Wildman–Crippen LogP) is 17.3. The molecule has 0 amide bonds. The summed E-state index contributed by atoms with van der Waals surface area (Å²) in [6, 6.07) is 87.3. The molecule has 3 aliphatic carbocycles. The van der Waals surface area contributed by atoms with Gasteiger partial charge in [0.2, 0.25) is 0 Å². The summed E-state index contributed by atoms with van der Waals surface area (Å²) in [5.41, 5.74) is 27.7. The van der Waals surface area contributed by atoms with Crippen LogP contribution in [0.2, 0.25) is 0 Å². The van der Waals surface area contributed by atoms with Crippen molar-refractivity contribution in [2.24, 2.45) is 0 Å². The first-order valence-electron chi connectivity index (χ1n) is 23.8. The van der Waals surface area contributed by atoms with Crippen molar-refractivity contribution < 1.29 is 0 Å². The van der Waals surface area contributed by atoms with E-state index in [2.05, 4.69) is 258 Å². The van der Waals surface area contributed by atoms with Gasteiger partial charge in [0.1, 0.15) is 0 Å². The average molecular weight is 855 g/mol. The quantitative estimate of drug-likeness (QED) is 0.156. The molecule has 0 spiro atoms. The Bertz CT molecular complexity index is 3340. The van der Waals surface area contributed by atoms with Gasteiger partial charge in [-0.15, -0.1) is 0 Å². The highest BCUT2D eigenvalue weighted by atomic mass is 14.5. The molecule has 0 N–H and O–H groups in total. The van der Waals surface area contributed by atoms with Crippen LogP contribution in [-0.4, -0.2) is 0 Å². The molecule has 13 rings (SSSR count).